The van der Waals surface area contributed by atoms with Crippen LogP contribution in [0.15, 0.2) is 53.6 Å². The monoisotopic (exact) mass is 426 g/mol. The molecule has 7 nitrogen and oxygen atoms in total. The summed E-state index contributed by atoms with van der Waals surface area (Å²) < 4.78 is 36.5. The molecule has 0 bridgehead atoms. The van der Waals surface area contributed by atoms with E-state index in [1.165, 1.54) is 26.5 Å². The summed E-state index contributed by atoms with van der Waals surface area (Å²) in [5.41, 5.74) is 1.75. The summed E-state index contributed by atoms with van der Waals surface area (Å²) in [6.07, 6.45) is 3.56. The number of benzene rings is 2. The molecule has 0 unspecified atom stereocenters. The first-order chi connectivity index (χ1) is 14.4. The first-order valence-corrected chi connectivity index (χ1v) is 11.2. The van der Waals surface area contributed by atoms with Gasteiger partial charge in [0.1, 0.15) is 16.4 Å². The average molecular weight is 426 g/mol. The second kappa shape index (κ2) is 7.95. The van der Waals surface area contributed by atoms with E-state index in [0.717, 1.165) is 12.8 Å². The zero-order chi connectivity index (χ0) is 21.3. The van der Waals surface area contributed by atoms with Crippen LogP contribution in [-0.4, -0.2) is 39.6 Å². The number of rotatable bonds is 7. The molecule has 0 atom stereocenters. The standard InChI is InChI=1S/C22H22N2O5S/c1-28-18-6-8-20(29-2)21(11-18)30(26,27)13-14-9-16-10-15(3-7-19(16)23-12-14)22(25)24-17-4-5-17/h3,6-12,17H,4-5,13H2,1-2H3,(H,24,25). The minimum Gasteiger partial charge on any atom is -0.497 e. The number of fused-ring (bicyclic) bond motifs is 1. The molecule has 8 heteroatoms. The number of nitrogens with zero attached hydrogens (tertiary/aromatic N) is 1. The quantitative estimate of drug-likeness (QED) is 0.624. The van der Waals surface area contributed by atoms with Crippen molar-refractivity contribution >= 4 is 26.6 Å². The van der Waals surface area contributed by atoms with Crippen molar-refractivity contribution in [1.82, 2.24) is 10.3 Å². The Morgan fingerprint density at radius 2 is 1.90 bits per heavy atom. The summed E-state index contributed by atoms with van der Waals surface area (Å²) >= 11 is 0. The third-order valence-corrected chi connectivity index (χ3v) is 6.68. The van der Waals surface area contributed by atoms with Crippen LogP contribution < -0.4 is 14.8 Å². The van der Waals surface area contributed by atoms with Gasteiger partial charge in [-0.15, -0.1) is 0 Å². The van der Waals surface area contributed by atoms with Crippen LogP contribution in [0.25, 0.3) is 10.9 Å². The Morgan fingerprint density at radius 1 is 1.10 bits per heavy atom. The van der Waals surface area contributed by atoms with Crippen molar-refractivity contribution in [2.24, 2.45) is 0 Å². The average Bonchev–Trinajstić information content (AvgIpc) is 3.56. The Balaban J connectivity index is 1.65. The minimum absolute atomic E-state index is 0.0574. The SMILES string of the molecule is COc1ccc(OC)c(S(=O)(=O)Cc2cnc3ccc(C(=O)NC4CC4)cc3c2)c1. The fourth-order valence-electron chi connectivity index (χ4n) is 3.22. The molecule has 1 saturated carbocycles. The highest BCUT2D eigenvalue weighted by Gasteiger charge is 2.24. The highest BCUT2D eigenvalue weighted by Crippen LogP contribution is 2.31. The lowest BCUT2D eigenvalue weighted by atomic mass is 10.1. The predicted molar refractivity (Wildman–Crippen MR) is 113 cm³/mol. The maximum absolute atomic E-state index is 13.1. The number of methoxy groups -OCH3 is 2. The van der Waals surface area contributed by atoms with Gasteiger partial charge in [-0.25, -0.2) is 8.42 Å². The van der Waals surface area contributed by atoms with E-state index in [1.54, 1.807) is 36.4 Å². The van der Waals surface area contributed by atoms with Gasteiger partial charge in [0, 0.05) is 29.3 Å². The molecular weight excluding hydrogens is 404 g/mol. The Labute approximate surface area is 175 Å². The Hall–Kier alpha value is -3.13. The summed E-state index contributed by atoms with van der Waals surface area (Å²) in [4.78, 5) is 16.7. The van der Waals surface area contributed by atoms with Crippen molar-refractivity contribution in [3.05, 3.63) is 59.8 Å². The zero-order valence-electron chi connectivity index (χ0n) is 16.7. The van der Waals surface area contributed by atoms with Crippen LogP contribution in [-0.2, 0) is 15.6 Å². The summed E-state index contributed by atoms with van der Waals surface area (Å²) in [7, 11) is -0.818. The lowest BCUT2D eigenvalue weighted by molar-refractivity contribution is 0.0951. The number of hydrogen-bond donors (Lipinski definition) is 1. The maximum atomic E-state index is 13.1. The molecule has 156 valence electrons. The Kier molecular flexibility index (Phi) is 5.34. The molecule has 3 aromatic rings. The van der Waals surface area contributed by atoms with E-state index < -0.39 is 9.84 Å². The fraction of sp³-hybridized carbons (Fsp3) is 0.273. The van der Waals surface area contributed by atoms with E-state index in [1.807, 2.05) is 0 Å². The van der Waals surface area contributed by atoms with Crippen LogP contribution in [0, 0.1) is 0 Å². The zero-order valence-corrected chi connectivity index (χ0v) is 17.5. The van der Waals surface area contributed by atoms with Crippen molar-refractivity contribution in [3.8, 4) is 11.5 Å². The maximum Gasteiger partial charge on any atom is 0.251 e. The molecule has 0 aliphatic heterocycles. The van der Waals surface area contributed by atoms with Gasteiger partial charge in [-0.2, -0.15) is 0 Å². The van der Waals surface area contributed by atoms with Gasteiger partial charge in [-0.3, -0.25) is 9.78 Å². The molecule has 2 aromatic carbocycles. The van der Waals surface area contributed by atoms with Gasteiger partial charge in [-0.05, 0) is 54.8 Å². The minimum atomic E-state index is -3.72. The number of ether oxygens (including phenoxy) is 2. The number of carbonyl (C=O) groups excluding carboxylic acids is 1. The topological polar surface area (TPSA) is 94.6 Å². The fourth-order valence-corrected chi connectivity index (χ4v) is 4.72. The number of amides is 1. The third-order valence-electron chi connectivity index (χ3n) is 4.98. The Bertz CT molecular complexity index is 1220. The molecule has 1 aliphatic carbocycles. The van der Waals surface area contributed by atoms with Crippen LogP contribution >= 0.6 is 0 Å². The van der Waals surface area contributed by atoms with Crippen molar-refractivity contribution in [2.45, 2.75) is 29.5 Å². The van der Waals surface area contributed by atoms with E-state index in [4.69, 9.17) is 9.47 Å². The van der Waals surface area contributed by atoms with Crippen LogP contribution in [0.2, 0.25) is 0 Å². The number of nitrogens with one attached hydrogen (secondary N) is 1. The van der Waals surface area contributed by atoms with Crippen molar-refractivity contribution in [1.29, 1.82) is 0 Å². The van der Waals surface area contributed by atoms with Gasteiger partial charge in [0.15, 0.2) is 9.84 Å². The first kappa shape index (κ1) is 20.2. The van der Waals surface area contributed by atoms with Gasteiger partial charge in [0.2, 0.25) is 0 Å². The number of pyridine rings is 1. The summed E-state index contributed by atoms with van der Waals surface area (Å²) in [5, 5.41) is 3.66. The normalized spacial score (nSPS) is 13.8. The first-order valence-electron chi connectivity index (χ1n) is 9.54. The van der Waals surface area contributed by atoms with Crippen LogP contribution in [0.4, 0.5) is 0 Å². The highest BCUT2D eigenvalue weighted by atomic mass is 32.2. The van der Waals surface area contributed by atoms with E-state index in [9.17, 15) is 13.2 Å². The number of sulfone groups is 1. The van der Waals surface area contributed by atoms with Crippen molar-refractivity contribution < 1.29 is 22.7 Å². The van der Waals surface area contributed by atoms with Crippen molar-refractivity contribution in [3.63, 3.8) is 0 Å². The van der Waals surface area contributed by atoms with E-state index in [-0.39, 0.29) is 28.3 Å². The molecule has 0 radical (unpaired) electrons. The molecule has 0 saturated heterocycles. The molecule has 1 aromatic heterocycles. The molecule has 1 amide bonds. The van der Waals surface area contributed by atoms with Gasteiger partial charge in [0.25, 0.3) is 5.91 Å². The van der Waals surface area contributed by atoms with Crippen LogP contribution in [0.3, 0.4) is 0 Å². The Morgan fingerprint density at radius 3 is 2.60 bits per heavy atom. The molecule has 0 spiro atoms. The molecule has 1 aliphatic rings. The molecule has 1 fully saturated rings. The van der Waals surface area contributed by atoms with Crippen LogP contribution in [0.1, 0.15) is 28.8 Å². The van der Waals surface area contributed by atoms with E-state index in [0.29, 0.717) is 27.8 Å². The van der Waals surface area contributed by atoms with E-state index in [2.05, 4.69) is 10.3 Å². The number of aromatic nitrogens is 1. The summed E-state index contributed by atoms with van der Waals surface area (Å²) in [5.74, 6) is 0.303. The molecule has 1 N–H and O–H groups in total. The summed E-state index contributed by atoms with van der Waals surface area (Å²) in [6.45, 7) is 0. The van der Waals surface area contributed by atoms with E-state index >= 15 is 0 Å². The van der Waals surface area contributed by atoms with Crippen LogP contribution in [0.5, 0.6) is 11.5 Å². The lowest BCUT2D eigenvalue weighted by Gasteiger charge is -2.12. The molecular formula is C22H22N2O5S. The number of carbonyl (C=O) groups is 1. The smallest absolute Gasteiger partial charge is 0.251 e. The molecule has 30 heavy (non-hydrogen) atoms. The second-order valence-electron chi connectivity index (χ2n) is 7.27. The van der Waals surface area contributed by atoms with Gasteiger partial charge in [0.05, 0.1) is 25.5 Å². The lowest BCUT2D eigenvalue weighted by Crippen LogP contribution is -2.25. The van der Waals surface area contributed by atoms with Crippen molar-refractivity contribution in [2.75, 3.05) is 14.2 Å². The third kappa shape index (κ3) is 4.23. The second-order valence-corrected chi connectivity index (χ2v) is 9.23. The van der Waals surface area contributed by atoms with Gasteiger partial charge < -0.3 is 14.8 Å². The largest absolute Gasteiger partial charge is 0.497 e. The highest BCUT2D eigenvalue weighted by molar-refractivity contribution is 7.90. The molecule has 1 heterocycles. The van der Waals surface area contributed by atoms with Gasteiger partial charge in [-0.1, -0.05) is 0 Å². The summed E-state index contributed by atoms with van der Waals surface area (Å²) in [6, 6.07) is 11.9. The predicted octanol–water partition coefficient (Wildman–Crippen LogP) is 3.12. The number of hydrogen-bond acceptors (Lipinski definition) is 6. The van der Waals surface area contributed by atoms with Gasteiger partial charge >= 0.3 is 0 Å². The molecule has 4 rings (SSSR count).